The minimum Gasteiger partial charge on any atom is -0.425 e. The first-order valence-corrected chi connectivity index (χ1v) is 13.8. The van der Waals surface area contributed by atoms with Crippen molar-refractivity contribution in [3.8, 4) is 5.75 Å². The largest absolute Gasteiger partial charge is 0.425 e. The van der Waals surface area contributed by atoms with Gasteiger partial charge in [-0.3, -0.25) is 9.78 Å². The molecule has 3 heteroatoms. The van der Waals surface area contributed by atoms with Crippen molar-refractivity contribution in [2.75, 3.05) is 0 Å². The minimum atomic E-state index is -0.0459. The van der Waals surface area contributed by atoms with Crippen molar-refractivity contribution in [3.05, 3.63) is 24.0 Å². The number of esters is 1. The molecule has 2 fully saturated rings. The lowest BCUT2D eigenvalue weighted by Gasteiger charge is -2.31. The second kappa shape index (κ2) is 14.0. The molecule has 0 aliphatic heterocycles. The van der Waals surface area contributed by atoms with Gasteiger partial charge in [0.2, 0.25) is 0 Å². The maximum absolute atomic E-state index is 12.6. The zero-order valence-corrected chi connectivity index (χ0v) is 20.8. The van der Waals surface area contributed by atoms with Crippen LogP contribution in [0.3, 0.4) is 0 Å². The quantitative estimate of drug-likeness (QED) is 0.242. The molecule has 0 atom stereocenters. The molecule has 0 aromatic carbocycles. The van der Waals surface area contributed by atoms with E-state index in [4.69, 9.17) is 4.74 Å². The molecule has 3 rings (SSSR count). The van der Waals surface area contributed by atoms with E-state index in [-0.39, 0.29) is 11.9 Å². The van der Waals surface area contributed by atoms with Gasteiger partial charge in [0.25, 0.3) is 0 Å². The molecule has 32 heavy (non-hydrogen) atoms. The molecule has 0 bridgehead atoms. The van der Waals surface area contributed by atoms with Crippen molar-refractivity contribution in [2.45, 2.75) is 123 Å². The van der Waals surface area contributed by atoms with E-state index in [0.717, 1.165) is 42.7 Å². The van der Waals surface area contributed by atoms with Gasteiger partial charge in [-0.15, -0.1) is 0 Å². The molecule has 2 saturated carbocycles. The molecule has 1 aromatic heterocycles. The summed E-state index contributed by atoms with van der Waals surface area (Å²) >= 11 is 0. The van der Waals surface area contributed by atoms with Gasteiger partial charge in [-0.2, -0.15) is 0 Å². The second-order valence-electron chi connectivity index (χ2n) is 10.7. The van der Waals surface area contributed by atoms with Crippen LogP contribution >= 0.6 is 0 Å². The number of ether oxygens (including phenoxy) is 1. The molecule has 3 nitrogen and oxygen atoms in total. The summed E-state index contributed by atoms with van der Waals surface area (Å²) in [6.07, 6.45) is 23.5. The molecular formula is C29H47NO2. The summed E-state index contributed by atoms with van der Waals surface area (Å²) in [7, 11) is 0. The molecule has 0 saturated heterocycles. The number of unbranched alkanes of at least 4 members (excludes halogenated alkanes) is 4. The van der Waals surface area contributed by atoms with Crippen molar-refractivity contribution in [3.63, 3.8) is 0 Å². The summed E-state index contributed by atoms with van der Waals surface area (Å²) in [4.78, 5) is 17.2. The molecule has 2 aliphatic carbocycles. The number of aryl methyl sites for hydroxylation is 1. The zero-order valence-electron chi connectivity index (χ0n) is 20.8. The van der Waals surface area contributed by atoms with Gasteiger partial charge in [0.1, 0.15) is 5.75 Å². The number of rotatable bonds is 12. The van der Waals surface area contributed by atoms with Crippen molar-refractivity contribution in [2.24, 2.45) is 23.7 Å². The maximum atomic E-state index is 12.6. The van der Waals surface area contributed by atoms with Gasteiger partial charge in [-0.1, -0.05) is 84.5 Å². The average molecular weight is 442 g/mol. The number of pyridine rings is 1. The summed E-state index contributed by atoms with van der Waals surface area (Å²) in [5.41, 5.74) is 1.10. The Balaban J connectivity index is 1.30. The van der Waals surface area contributed by atoms with E-state index >= 15 is 0 Å². The van der Waals surface area contributed by atoms with Crippen LogP contribution in [-0.4, -0.2) is 11.0 Å². The Morgan fingerprint density at radius 3 is 2.06 bits per heavy atom. The smallest absolute Gasteiger partial charge is 0.314 e. The Hall–Kier alpha value is -1.38. The average Bonchev–Trinajstić information content (AvgIpc) is 2.84. The Morgan fingerprint density at radius 1 is 0.844 bits per heavy atom. The fraction of sp³-hybridized carbons (Fsp3) is 0.793. The predicted octanol–water partition coefficient (Wildman–Crippen LogP) is 8.30. The van der Waals surface area contributed by atoms with Gasteiger partial charge in [0.15, 0.2) is 0 Å². The summed E-state index contributed by atoms with van der Waals surface area (Å²) in [6, 6.07) is 3.94. The Labute approximate surface area is 197 Å². The zero-order chi connectivity index (χ0) is 22.6. The van der Waals surface area contributed by atoms with Gasteiger partial charge in [-0.05, 0) is 68.4 Å². The number of carbonyl (C=O) groups excluding carboxylic acids is 1. The second-order valence-corrected chi connectivity index (χ2v) is 10.7. The van der Waals surface area contributed by atoms with Gasteiger partial charge in [-0.25, -0.2) is 0 Å². The van der Waals surface area contributed by atoms with Crippen LogP contribution in [0.5, 0.6) is 5.75 Å². The fourth-order valence-corrected chi connectivity index (χ4v) is 5.81. The molecule has 0 N–H and O–H groups in total. The van der Waals surface area contributed by atoms with Crippen molar-refractivity contribution < 1.29 is 9.53 Å². The summed E-state index contributed by atoms with van der Waals surface area (Å²) < 4.78 is 5.68. The molecule has 2 aliphatic rings. The fourth-order valence-electron chi connectivity index (χ4n) is 5.81. The third-order valence-electron chi connectivity index (χ3n) is 8.26. The SMILES string of the molecule is CCCCCCCc1ccc(OC(=O)C2CCC(CCC3CCC(CC)CC3)CC2)cn1. The molecule has 180 valence electrons. The normalized spacial score (nSPS) is 26.1. The molecule has 0 amide bonds. The molecular weight excluding hydrogens is 394 g/mol. The van der Waals surface area contributed by atoms with Gasteiger partial charge >= 0.3 is 5.97 Å². The van der Waals surface area contributed by atoms with Crippen molar-refractivity contribution in [1.82, 2.24) is 4.98 Å². The lowest BCUT2D eigenvalue weighted by Crippen LogP contribution is -2.26. The molecule has 0 radical (unpaired) electrons. The molecule has 1 heterocycles. The van der Waals surface area contributed by atoms with E-state index in [1.54, 1.807) is 6.20 Å². The molecule has 1 aromatic rings. The van der Waals surface area contributed by atoms with E-state index in [2.05, 4.69) is 18.8 Å². The highest BCUT2D eigenvalue weighted by Gasteiger charge is 2.28. The third-order valence-corrected chi connectivity index (χ3v) is 8.26. The summed E-state index contributed by atoms with van der Waals surface area (Å²) in [5, 5.41) is 0. The van der Waals surface area contributed by atoms with Crippen LogP contribution in [0, 0.1) is 23.7 Å². The van der Waals surface area contributed by atoms with Crippen LogP contribution in [0.1, 0.15) is 122 Å². The number of nitrogens with zero attached hydrogens (tertiary/aromatic N) is 1. The van der Waals surface area contributed by atoms with E-state index in [1.807, 2.05) is 12.1 Å². The van der Waals surface area contributed by atoms with Crippen LogP contribution in [0.4, 0.5) is 0 Å². The number of hydrogen-bond acceptors (Lipinski definition) is 3. The highest BCUT2D eigenvalue weighted by atomic mass is 16.5. The van der Waals surface area contributed by atoms with Crippen LogP contribution in [0.15, 0.2) is 18.3 Å². The highest BCUT2D eigenvalue weighted by Crippen LogP contribution is 2.37. The lowest BCUT2D eigenvalue weighted by molar-refractivity contribution is -0.140. The van der Waals surface area contributed by atoms with Crippen molar-refractivity contribution in [1.29, 1.82) is 0 Å². The van der Waals surface area contributed by atoms with Gasteiger partial charge in [0.05, 0.1) is 12.1 Å². The number of hydrogen-bond donors (Lipinski definition) is 0. The van der Waals surface area contributed by atoms with Crippen LogP contribution in [-0.2, 0) is 11.2 Å². The molecule has 0 spiro atoms. The van der Waals surface area contributed by atoms with Crippen LogP contribution in [0.2, 0.25) is 0 Å². The monoisotopic (exact) mass is 441 g/mol. The summed E-state index contributed by atoms with van der Waals surface area (Å²) in [5.74, 6) is 3.41. The standard InChI is InChI=1S/C29H47NO2/c1-3-5-6-7-8-9-27-20-21-28(22-30-27)32-29(31)26-18-16-25(17-19-26)15-14-24-12-10-23(4-2)11-13-24/h20-26H,3-19H2,1-2H3. The summed E-state index contributed by atoms with van der Waals surface area (Å²) in [6.45, 7) is 4.59. The highest BCUT2D eigenvalue weighted by molar-refractivity contribution is 5.75. The third kappa shape index (κ3) is 8.52. The van der Waals surface area contributed by atoms with Crippen LogP contribution < -0.4 is 4.74 Å². The van der Waals surface area contributed by atoms with Gasteiger partial charge in [0, 0.05) is 5.69 Å². The van der Waals surface area contributed by atoms with E-state index < -0.39 is 0 Å². The van der Waals surface area contributed by atoms with Crippen molar-refractivity contribution >= 4 is 5.97 Å². The van der Waals surface area contributed by atoms with E-state index in [1.165, 1.54) is 89.9 Å². The first-order chi connectivity index (χ1) is 15.7. The van der Waals surface area contributed by atoms with Crippen LogP contribution in [0.25, 0.3) is 0 Å². The topological polar surface area (TPSA) is 39.2 Å². The Bertz CT molecular complexity index is 640. The minimum absolute atomic E-state index is 0.0459. The van der Waals surface area contributed by atoms with E-state index in [0.29, 0.717) is 5.75 Å². The number of carbonyl (C=O) groups is 1. The molecule has 0 unspecified atom stereocenters. The Kier molecular flexibility index (Phi) is 11.1. The first-order valence-electron chi connectivity index (χ1n) is 13.8. The number of aromatic nitrogens is 1. The lowest BCUT2D eigenvalue weighted by atomic mass is 9.75. The van der Waals surface area contributed by atoms with Gasteiger partial charge < -0.3 is 4.74 Å². The Morgan fingerprint density at radius 2 is 1.47 bits per heavy atom. The van der Waals surface area contributed by atoms with E-state index in [9.17, 15) is 4.79 Å². The first kappa shape index (κ1) is 25.2. The predicted molar refractivity (Wildman–Crippen MR) is 133 cm³/mol. The maximum Gasteiger partial charge on any atom is 0.314 e.